The van der Waals surface area contributed by atoms with E-state index in [0.717, 1.165) is 30.6 Å². The Morgan fingerprint density at radius 1 is 0.879 bits per heavy atom. The second-order valence-electron chi connectivity index (χ2n) is 9.48. The quantitative estimate of drug-likeness (QED) is 0.125. The molecular weight excluding hydrogens is 418 g/mol. The van der Waals surface area contributed by atoms with Gasteiger partial charge in [0, 0.05) is 19.9 Å². The minimum absolute atomic E-state index is 0.0156. The molecular formula is C27H47NO5. The van der Waals surface area contributed by atoms with Gasteiger partial charge in [-0.15, -0.1) is 0 Å². The number of unbranched alkanes of at least 4 members (excludes halogenated alkanes) is 12. The average Bonchev–Trinajstić information content (AvgIpc) is 3.14. The van der Waals surface area contributed by atoms with Crippen molar-refractivity contribution in [2.75, 3.05) is 13.2 Å². The van der Waals surface area contributed by atoms with Crippen LogP contribution >= 0.6 is 0 Å². The molecule has 190 valence electrons. The van der Waals surface area contributed by atoms with Crippen LogP contribution in [0.4, 0.5) is 0 Å². The van der Waals surface area contributed by atoms with Crippen molar-refractivity contribution in [2.24, 2.45) is 0 Å². The van der Waals surface area contributed by atoms with Crippen LogP contribution in [0.2, 0.25) is 0 Å². The zero-order chi connectivity index (χ0) is 24.5. The number of β-amino-alcohol motifs (C(OH)–C–C–N with tert-alkyl or cyclic N) is 1. The molecule has 6 heteroatoms. The van der Waals surface area contributed by atoms with Crippen LogP contribution in [0.15, 0.2) is 12.2 Å². The predicted octanol–water partition coefficient (Wildman–Crippen LogP) is 5.51. The molecule has 1 amide bonds. The molecule has 0 aromatic carbocycles. The highest BCUT2D eigenvalue weighted by Crippen LogP contribution is 2.32. The Hall–Kier alpha value is -1.69. The zero-order valence-electron chi connectivity index (χ0n) is 21.3. The molecule has 0 aromatic heterocycles. The standard InChI is InChI=1S/C27H47NO5/c1-4-5-6-7-8-9-10-11-12-13-14-15-16-17-18-19-20-33-26(32)27(23(2)29)21-25(31)22-28(27)24(3)30/h11-12,25,31H,4-10,13-22H2,1-3H3/t25-,27-/m1/s1. The van der Waals surface area contributed by atoms with E-state index in [1.165, 1.54) is 78.1 Å². The molecule has 1 N–H and O–H groups in total. The van der Waals surface area contributed by atoms with Crippen LogP contribution in [-0.4, -0.2) is 52.5 Å². The fraction of sp³-hybridized carbons (Fsp3) is 0.815. The van der Waals surface area contributed by atoms with Crippen LogP contribution in [0.25, 0.3) is 0 Å². The van der Waals surface area contributed by atoms with Gasteiger partial charge in [-0.25, -0.2) is 4.79 Å². The van der Waals surface area contributed by atoms with E-state index in [2.05, 4.69) is 19.1 Å². The molecule has 0 aliphatic carbocycles. The number of allylic oxidation sites excluding steroid dienone is 2. The SMILES string of the molecule is CCCCCCCCC=CCCCCCCCCOC(=O)[C@]1(C(C)=O)C[C@@H](O)CN1C(C)=O. The third-order valence-electron chi connectivity index (χ3n) is 6.57. The second kappa shape index (κ2) is 16.9. The molecule has 0 spiro atoms. The minimum atomic E-state index is -1.67. The van der Waals surface area contributed by atoms with E-state index < -0.39 is 29.3 Å². The number of nitrogens with zero attached hydrogens (tertiary/aromatic N) is 1. The van der Waals surface area contributed by atoms with Crippen molar-refractivity contribution in [3.05, 3.63) is 12.2 Å². The molecule has 1 saturated heterocycles. The van der Waals surface area contributed by atoms with E-state index in [1.807, 2.05) is 0 Å². The molecule has 0 bridgehead atoms. The lowest BCUT2D eigenvalue weighted by atomic mass is 9.91. The van der Waals surface area contributed by atoms with Gasteiger partial charge in [0.05, 0.1) is 12.7 Å². The smallest absolute Gasteiger partial charge is 0.340 e. The van der Waals surface area contributed by atoms with Gasteiger partial charge in [0.25, 0.3) is 0 Å². The first kappa shape index (κ1) is 29.3. The van der Waals surface area contributed by atoms with Gasteiger partial charge in [-0.1, -0.05) is 76.9 Å². The van der Waals surface area contributed by atoms with Gasteiger partial charge < -0.3 is 14.7 Å². The summed E-state index contributed by atoms with van der Waals surface area (Å²) in [4.78, 5) is 38.0. The van der Waals surface area contributed by atoms with Gasteiger partial charge in [-0.05, 0) is 39.0 Å². The summed E-state index contributed by atoms with van der Waals surface area (Å²) < 4.78 is 5.36. The Kier molecular flexibility index (Phi) is 15.0. The highest BCUT2D eigenvalue weighted by atomic mass is 16.5. The first-order valence-electron chi connectivity index (χ1n) is 13.2. The van der Waals surface area contributed by atoms with Crippen molar-refractivity contribution in [3.8, 4) is 0 Å². The first-order chi connectivity index (χ1) is 15.9. The number of likely N-dealkylation sites (tertiary alicyclic amines) is 1. The number of hydrogen-bond donors (Lipinski definition) is 1. The summed E-state index contributed by atoms with van der Waals surface area (Å²) in [5.74, 6) is -1.58. The molecule has 1 aliphatic rings. The number of aliphatic hydroxyl groups excluding tert-OH is 1. The van der Waals surface area contributed by atoms with E-state index >= 15 is 0 Å². The lowest BCUT2D eigenvalue weighted by Crippen LogP contribution is -2.58. The van der Waals surface area contributed by atoms with Crippen molar-refractivity contribution in [2.45, 2.75) is 129 Å². The summed E-state index contributed by atoms with van der Waals surface area (Å²) in [6.07, 6.45) is 20.5. The maximum absolute atomic E-state index is 12.7. The van der Waals surface area contributed by atoms with Crippen molar-refractivity contribution >= 4 is 17.7 Å². The second-order valence-corrected chi connectivity index (χ2v) is 9.48. The van der Waals surface area contributed by atoms with Gasteiger partial charge in [0.15, 0.2) is 5.78 Å². The van der Waals surface area contributed by atoms with E-state index in [0.29, 0.717) is 0 Å². The Labute approximate surface area is 201 Å². The van der Waals surface area contributed by atoms with E-state index in [4.69, 9.17) is 4.74 Å². The third-order valence-corrected chi connectivity index (χ3v) is 6.57. The number of esters is 1. The van der Waals surface area contributed by atoms with Crippen molar-refractivity contribution < 1.29 is 24.2 Å². The average molecular weight is 466 g/mol. The molecule has 6 nitrogen and oxygen atoms in total. The maximum atomic E-state index is 12.7. The number of amides is 1. The summed E-state index contributed by atoms with van der Waals surface area (Å²) in [5, 5.41) is 9.94. The van der Waals surface area contributed by atoms with Crippen LogP contribution in [-0.2, 0) is 19.1 Å². The molecule has 2 atom stereocenters. The number of ketones is 1. The maximum Gasteiger partial charge on any atom is 0.340 e. The lowest BCUT2D eigenvalue weighted by Gasteiger charge is -2.32. The normalized spacial score (nSPS) is 20.5. The van der Waals surface area contributed by atoms with Crippen molar-refractivity contribution in [1.29, 1.82) is 0 Å². The summed E-state index contributed by atoms with van der Waals surface area (Å²) >= 11 is 0. The highest BCUT2D eigenvalue weighted by Gasteiger charge is 2.57. The molecule has 0 unspecified atom stereocenters. The minimum Gasteiger partial charge on any atom is -0.464 e. The van der Waals surface area contributed by atoms with Crippen LogP contribution in [0, 0.1) is 0 Å². The van der Waals surface area contributed by atoms with Crippen LogP contribution < -0.4 is 0 Å². The fourth-order valence-electron chi connectivity index (χ4n) is 4.58. The summed E-state index contributed by atoms with van der Waals surface area (Å²) in [6.45, 7) is 5.05. The number of aliphatic hydroxyl groups is 1. The van der Waals surface area contributed by atoms with Crippen molar-refractivity contribution in [3.63, 3.8) is 0 Å². The molecule has 1 heterocycles. The number of carbonyl (C=O) groups excluding carboxylic acids is 3. The van der Waals surface area contributed by atoms with Crippen molar-refractivity contribution in [1.82, 2.24) is 4.90 Å². The molecule has 33 heavy (non-hydrogen) atoms. The Morgan fingerprint density at radius 2 is 1.39 bits per heavy atom. The van der Waals surface area contributed by atoms with E-state index in [1.54, 1.807) is 0 Å². The molecule has 0 radical (unpaired) electrons. The Morgan fingerprint density at radius 3 is 1.91 bits per heavy atom. The molecule has 1 fully saturated rings. The monoisotopic (exact) mass is 465 g/mol. The fourth-order valence-corrected chi connectivity index (χ4v) is 4.58. The molecule has 0 saturated carbocycles. The number of hydrogen-bond acceptors (Lipinski definition) is 5. The van der Waals surface area contributed by atoms with Gasteiger partial charge in [0.2, 0.25) is 11.4 Å². The Bertz CT molecular complexity index is 618. The third kappa shape index (κ3) is 10.4. The summed E-state index contributed by atoms with van der Waals surface area (Å²) in [6, 6.07) is 0. The molecule has 1 rings (SSSR count). The van der Waals surface area contributed by atoms with Gasteiger partial charge in [-0.3, -0.25) is 9.59 Å². The summed E-state index contributed by atoms with van der Waals surface area (Å²) in [7, 11) is 0. The number of carbonyl (C=O) groups is 3. The van der Waals surface area contributed by atoms with Crippen LogP contribution in [0.1, 0.15) is 117 Å². The molecule has 1 aliphatic heterocycles. The van der Waals surface area contributed by atoms with Gasteiger partial charge in [-0.2, -0.15) is 0 Å². The van der Waals surface area contributed by atoms with E-state index in [9.17, 15) is 19.5 Å². The number of rotatable bonds is 18. The number of ether oxygens (including phenoxy) is 1. The first-order valence-corrected chi connectivity index (χ1v) is 13.2. The highest BCUT2D eigenvalue weighted by molar-refractivity contribution is 6.10. The van der Waals surface area contributed by atoms with Crippen LogP contribution in [0.3, 0.4) is 0 Å². The largest absolute Gasteiger partial charge is 0.464 e. The zero-order valence-corrected chi connectivity index (χ0v) is 21.3. The van der Waals surface area contributed by atoms with Crippen LogP contribution in [0.5, 0.6) is 0 Å². The van der Waals surface area contributed by atoms with Gasteiger partial charge >= 0.3 is 5.97 Å². The number of Topliss-reactive ketones (excluding diaryl/α,β-unsaturated/α-hetero) is 1. The lowest BCUT2D eigenvalue weighted by molar-refractivity contribution is -0.165. The molecule has 0 aromatic rings. The van der Waals surface area contributed by atoms with Gasteiger partial charge in [0.1, 0.15) is 0 Å². The summed E-state index contributed by atoms with van der Waals surface area (Å²) in [5.41, 5.74) is -1.67. The predicted molar refractivity (Wildman–Crippen MR) is 132 cm³/mol. The van der Waals surface area contributed by atoms with E-state index in [-0.39, 0.29) is 19.6 Å². The Balaban J connectivity index is 2.09. The topological polar surface area (TPSA) is 83.9 Å².